The number of hydrogen-bond acceptors (Lipinski definition) is 5. The Hall–Kier alpha value is -3.19. The number of rotatable bonds is 2. The molecule has 0 bridgehead atoms. The summed E-state index contributed by atoms with van der Waals surface area (Å²) in [6.07, 6.45) is 2.28. The molecule has 6 rings (SSSR count). The molecule has 3 fully saturated rings. The monoisotopic (exact) mass is 433 g/mol. The number of nitrogens with zero attached hydrogens (tertiary/aromatic N) is 1. The van der Waals surface area contributed by atoms with Crippen molar-refractivity contribution in [2.24, 2.45) is 11.8 Å². The van der Waals surface area contributed by atoms with Crippen molar-refractivity contribution in [2.75, 3.05) is 0 Å². The average Bonchev–Trinajstić information content (AvgIpc) is 3.54. The van der Waals surface area contributed by atoms with Crippen LogP contribution in [0.4, 0.5) is 4.39 Å². The van der Waals surface area contributed by atoms with E-state index in [0.29, 0.717) is 18.4 Å². The van der Waals surface area contributed by atoms with Gasteiger partial charge in [-0.25, -0.2) is 4.39 Å². The van der Waals surface area contributed by atoms with E-state index in [4.69, 9.17) is 4.74 Å². The smallest absolute Gasteiger partial charge is 0.237 e. The molecule has 6 nitrogen and oxygen atoms in total. The lowest BCUT2D eigenvalue weighted by molar-refractivity contribution is -0.147. The van der Waals surface area contributed by atoms with E-state index in [-0.39, 0.29) is 17.2 Å². The Labute approximate surface area is 183 Å². The van der Waals surface area contributed by atoms with Gasteiger partial charge in [0.1, 0.15) is 5.82 Å². The van der Waals surface area contributed by atoms with Gasteiger partial charge in [0.05, 0.1) is 17.9 Å². The fourth-order valence-electron chi connectivity index (χ4n) is 6.02. The molecule has 2 aliphatic heterocycles. The molecule has 1 saturated carbocycles. The highest BCUT2D eigenvalue weighted by Gasteiger charge is 2.75. The van der Waals surface area contributed by atoms with Gasteiger partial charge in [-0.05, 0) is 30.5 Å². The molecule has 2 aromatic carbocycles. The SMILES string of the molecule is O=C1[C@H]2[C@@H](C(=O)N1C1CCCC1)C1(O[C@H]2c2ccc(F)cc2)C(=O)c2ccccc2C1=O. The zero-order chi connectivity index (χ0) is 22.2. The van der Waals surface area contributed by atoms with Gasteiger partial charge in [-0.2, -0.15) is 0 Å². The van der Waals surface area contributed by atoms with Crippen molar-refractivity contribution >= 4 is 23.4 Å². The Morgan fingerprint density at radius 3 is 2.03 bits per heavy atom. The molecule has 2 saturated heterocycles. The van der Waals surface area contributed by atoms with Crippen molar-refractivity contribution in [1.82, 2.24) is 4.90 Å². The van der Waals surface area contributed by atoms with E-state index < -0.39 is 52.7 Å². The first-order chi connectivity index (χ1) is 15.4. The second kappa shape index (κ2) is 6.65. The van der Waals surface area contributed by atoms with Crippen LogP contribution in [0.2, 0.25) is 0 Å². The summed E-state index contributed by atoms with van der Waals surface area (Å²) in [5.41, 5.74) is -1.19. The van der Waals surface area contributed by atoms with Crippen molar-refractivity contribution in [1.29, 1.82) is 0 Å². The Kier molecular flexibility index (Phi) is 4.05. The predicted octanol–water partition coefficient (Wildman–Crippen LogP) is 3.26. The number of carbonyl (C=O) groups excluding carboxylic acids is 4. The van der Waals surface area contributed by atoms with Gasteiger partial charge in [-0.3, -0.25) is 24.1 Å². The predicted molar refractivity (Wildman–Crippen MR) is 109 cm³/mol. The Morgan fingerprint density at radius 2 is 1.44 bits per heavy atom. The zero-order valence-corrected chi connectivity index (χ0v) is 17.1. The third-order valence-corrected chi connectivity index (χ3v) is 7.44. The topological polar surface area (TPSA) is 80.8 Å². The number of benzene rings is 2. The fraction of sp³-hybridized carbons (Fsp3) is 0.360. The molecule has 2 aliphatic carbocycles. The number of carbonyl (C=O) groups is 4. The van der Waals surface area contributed by atoms with E-state index in [0.717, 1.165) is 12.8 Å². The van der Waals surface area contributed by atoms with Crippen molar-refractivity contribution < 1.29 is 28.3 Å². The number of amides is 2. The first-order valence-corrected chi connectivity index (χ1v) is 10.9. The van der Waals surface area contributed by atoms with E-state index in [9.17, 15) is 23.6 Å². The highest BCUT2D eigenvalue weighted by atomic mass is 19.1. The molecule has 0 radical (unpaired) electrons. The maximum Gasteiger partial charge on any atom is 0.237 e. The molecule has 2 amide bonds. The molecule has 3 atom stereocenters. The van der Waals surface area contributed by atoms with Gasteiger partial charge in [-0.1, -0.05) is 49.2 Å². The minimum absolute atomic E-state index is 0.204. The number of likely N-dealkylation sites (tertiary alicyclic amines) is 1. The summed E-state index contributed by atoms with van der Waals surface area (Å²) in [5.74, 6) is -4.76. The molecule has 1 spiro atoms. The van der Waals surface area contributed by atoms with Gasteiger partial charge >= 0.3 is 0 Å². The van der Waals surface area contributed by atoms with E-state index in [1.165, 1.54) is 29.2 Å². The van der Waals surface area contributed by atoms with Crippen molar-refractivity contribution in [3.63, 3.8) is 0 Å². The summed E-state index contributed by atoms with van der Waals surface area (Å²) < 4.78 is 19.7. The average molecular weight is 433 g/mol. The van der Waals surface area contributed by atoms with Crippen LogP contribution < -0.4 is 0 Å². The maximum atomic E-state index is 13.7. The fourth-order valence-corrected chi connectivity index (χ4v) is 6.02. The van der Waals surface area contributed by atoms with Gasteiger partial charge in [0.2, 0.25) is 29.0 Å². The first-order valence-electron chi connectivity index (χ1n) is 10.9. The molecule has 0 unspecified atom stereocenters. The lowest BCUT2D eigenvalue weighted by Gasteiger charge is -2.29. The largest absolute Gasteiger partial charge is 0.349 e. The van der Waals surface area contributed by atoms with Crippen molar-refractivity contribution in [3.8, 4) is 0 Å². The van der Waals surface area contributed by atoms with Crippen LogP contribution in [0.5, 0.6) is 0 Å². The summed E-state index contributed by atoms with van der Waals surface area (Å²) in [4.78, 5) is 55.7. The molecule has 2 heterocycles. The summed E-state index contributed by atoms with van der Waals surface area (Å²) in [6, 6.07) is 11.6. The van der Waals surface area contributed by atoms with Gasteiger partial charge in [-0.15, -0.1) is 0 Å². The van der Waals surface area contributed by atoms with Gasteiger partial charge in [0.15, 0.2) is 0 Å². The highest BCUT2D eigenvalue weighted by Crippen LogP contribution is 2.57. The number of hydrogen-bond donors (Lipinski definition) is 0. The third-order valence-electron chi connectivity index (χ3n) is 7.44. The molecule has 7 heteroatoms. The van der Waals surface area contributed by atoms with Crippen LogP contribution in [0.1, 0.15) is 58.1 Å². The van der Waals surface area contributed by atoms with Crippen LogP contribution in [-0.4, -0.2) is 39.9 Å². The van der Waals surface area contributed by atoms with Crippen LogP contribution in [0.3, 0.4) is 0 Å². The Bertz CT molecular complexity index is 1150. The lowest BCUT2D eigenvalue weighted by Crippen LogP contribution is -2.51. The minimum atomic E-state index is -2.06. The minimum Gasteiger partial charge on any atom is -0.349 e. The summed E-state index contributed by atoms with van der Waals surface area (Å²) in [7, 11) is 0. The van der Waals surface area contributed by atoms with E-state index in [1.54, 1.807) is 24.3 Å². The Morgan fingerprint density at radius 1 is 0.844 bits per heavy atom. The lowest BCUT2D eigenvalue weighted by atomic mass is 9.77. The second-order valence-electron chi connectivity index (χ2n) is 9.02. The second-order valence-corrected chi connectivity index (χ2v) is 9.02. The normalized spacial score (nSPS) is 28.8. The van der Waals surface area contributed by atoms with E-state index in [1.807, 2.05) is 0 Å². The molecular weight excluding hydrogens is 413 g/mol. The number of ketones is 2. The number of fused-ring (bicyclic) bond motifs is 3. The first kappa shape index (κ1) is 19.5. The molecule has 0 N–H and O–H groups in total. The molecule has 2 aromatic rings. The van der Waals surface area contributed by atoms with Crippen LogP contribution >= 0.6 is 0 Å². The van der Waals surface area contributed by atoms with E-state index >= 15 is 0 Å². The van der Waals surface area contributed by atoms with Crippen molar-refractivity contribution in [2.45, 2.75) is 43.4 Å². The standard InChI is InChI=1S/C25H20FNO5/c26-14-11-9-13(10-12-14)20-18-19(24(31)27(23(18)30)15-5-1-2-6-15)25(32-20)21(28)16-7-3-4-8-17(16)22(25)29/h3-4,7-12,15,18-20H,1-2,5-6H2/t18-,19-,20-/m0/s1. The van der Waals surface area contributed by atoms with Crippen molar-refractivity contribution in [3.05, 3.63) is 71.0 Å². The Balaban J connectivity index is 1.52. The highest BCUT2D eigenvalue weighted by molar-refractivity contribution is 6.35. The van der Waals surface area contributed by atoms with Gasteiger partial charge in [0.25, 0.3) is 0 Å². The zero-order valence-electron chi connectivity index (χ0n) is 17.1. The molecular formula is C25H20FNO5. The number of imide groups is 1. The van der Waals surface area contributed by atoms with E-state index in [2.05, 4.69) is 0 Å². The quantitative estimate of drug-likeness (QED) is 0.537. The summed E-state index contributed by atoms with van der Waals surface area (Å²) >= 11 is 0. The van der Waals surface area contributed by atoms with Crippen LogP contribution in [0, 0.1) is 17.7 Å². The number of Topliss-reactive ketones (excluding diaryl/α,β-unsaturated/α-hetero) is 2. The van der Waals surface area contributed by atoms with Gasteiger partial charge < -0.3 is 4.74 Å². The maximum absolute atomic E-state index is 13.7. The molecule has 4 aliphatic rings. The van der Waals surface area contributed by atoms with Crippen LogP contribution in [0.15, 0.2) is 48.5 Å². The number of halogens is 1. The summed E-state index contributed by atoms with van der Waals surface area (Å²) in [5, 5.41) is 0. The molecule has 162 valence electrons. The summed E-state index contributed by atoms with van der Waals surface area (Å²) in [6.45, 7) is 0. The molecule has 32 heavy (non-hydrogen) atoms. The van der Waals surface area contributed by atoms with Gasteiger partial charge in [0, 0.05) is 17.2 Å². The van der Waals surface area contributed by atoms with Crippen LogP contribution in [0.25, 0.3) is 0 Å². The third kappa shape index (κ3) is 2.32. The van der Waals surface area contributed by atoms with Crippen LogP contribution in [-0.2, 0) is 14.3 Å². The number of ether oxygens (including phenoxy) is 1. The molecule has 0 aromatic heterocycles.